The van der Waals surface area contributed by atoms with Gasteiger partial charge < -0.3 is 10.1 Å². The van der Waals surface area contributed by atoms with Crippen molar-refractivity contribution in [3.63, 3.8) is 0 Å². The second kappa shape index (κ2) is 6.46. The highest BCUT2D eigenvalue weighted by Gasteiger charge is 2.60. The summed E-state index contributed by atoms with van der Waals surface area (Å²) < 4.78 is 71.1. The van der Waals surface area contributed by atoms with Gasteiger partial charge in [0.1, 0.15) is 5.75 Å². The first kappa shape index (κ1) is 17.7. The Morgan fingerprint density at radius 2 is 1.95 bits per heavy atom. The highest BCUT2D eigenvalue weighted by molar-refractivity contribution is 14.1. The van der Waals surface area contributed by atoms with Crippen LogP contribution >= 0.6 is 22.6 Å². The number of benzene rings is 1. The van der Waals surface area contributed by atoms with Gasteiger partial charge in [0.25, 0.3) is 0 Å². The summed E-state index contributed by atoms with van der Waals surface area (Å²) in [5.74, 6) is -5.47. The van der Waals surface area contributed by atoms with Gasteiger partial charge in [-0.1, -0.05) is 22.6 Å². The molecular formula is C14H15F5INO. The number of alkyl halides is 6. The predicted octanol–water partition coefficient (Wildman–Crippen LogP) is 4.01. The van der Waals surface area contributed by atoms with Gasteiger partial charge in [-0.3, -0.25) is 0 Å². The van der Waals surface area contributed by atoms with Gasteiger partial charge in [-0.2, -0.15) is 22.0 Å². The molecule has 2 nitrogen and oxygen atoms in total. The van der Waals surface area contributed by atoms with Crippen molar-refractivity contribution in [3.8, 4) is 5.75 Å². The van der Waals surface area contributed by atoms with E-state index in [1.807, 2.05) is 0 Å². The maximum Gasteiger partial charge on any atom is 0.458 e. The normalized spacial score (nSPS) is 19.5. The molecule has 1 aromatic rings. The van der Waals surface area contributed by atoms with Crippen molar-refractivity contribution in [2.45, 2.75) is 24.4 Å². The maximum atomic E-state index is 13.8. The van der Waals surface area contributed by atoms with E-state index >= 15 is 0 Å². The fourth-order valence-corrected chi connectivity index (χ4v) is 3.34. The van der Waals surface area contributed by atoms with Crippen LogP contribution in [-0.4, -0.2) is 30.8 Å². The summed E-state index contributed by atoms with van der Waals surface area (Å²) in [5.41, 5.74) is 0.183. The zero-order valence-electron chi connectivity index (χ0n) is 11.7. The summed E-state index contributed by atoms with van der Waals surface area (Å²) in [4.78, 5) is 0. The molecule has 0 bridgehead atoms. The lowest BCUT2D eigenvalue weighted by atomic mass is 9.91. The van der Waals surface area contributed by atoms with Crippen LogP contribution < -0.4 is 10.1 Å². The van der Waals surface area contributed by atoms with Crippen molar-refractivity contribution in [3.05, 3.63) is 28.8 Å². The molecule has 2 rings (SSSR count). The first-order chi connectivity index (χ1) is 10.2. The Morgan fingerprint density at radius 3 is 2.50 bits per heavy atom. The monoisotopic (exact) mass is 435 g/mol. The van der Waals surface area contributed by atoms with Crippen LogP contribution in [0.1, 0.15) is 22.6 Å². The van der Waals surface area contributed by atoms with Gasteiger partial charge in [0.2, 0.25) is 0 Å². The summed E-state index contributed by atoms with van der Waals surface area (Å²) in [6.07, 6.45) is -5.09. The van der Waals surface area contributed by atoms with Crippen molar-refractivity contribution in [2.24, 2.45) is 0 Å². The number of hydrogen-bond acceptors (Lipinski definition) is 2. The van der Waals surface area contributed by atoms with E-state index in [1.165, 1.54) is 6.07 Å². The third-order valence-electron chi connectivity index (χ3n) is 3.74. The summed E-state index contributed by atoms with van der Waals surface area (Å²) in [5, 5.41) is 3.17. The van der Waals surface area contributed by atoms with Crippen LogP contribution in [-0.2, 0) is 12.3 Å². The Bertz CT molecular complexity index is 547. The lowest BCUT2D eigenvalue weighted by Crippen LogP contribution is -2.34. The molecule has 1 aliphatic rings. The van der Waals surface area contributed by atoms with E-state index in [1.54, 1.807) is 0 Å². The highest BCUT2D eigenvalue weighted by atomic mass is 127. The molecule has 8 heteroatoms. The lowest BCUT2D eigenvalue weighted by Gasteiger charge is -2.25. The van der Waals surface area contributed by atoms with Gasteiger partial charge in [-0.25, -0.2) is 0 Å². The van der Waals surface area contributed by atoms with Crippen molar-refractivity contribution in [1.29, 1.82) is 0 Å². The molecule has 0 amide bonds. The number of halogens is 6. The van der Waals surface area contributed by atoms with Crippen LogP contribution in [0.2, 0.25) is 0 Å². The van der Waals surface area contributed by atoms with Crippen LogP contribution in [0.15, 0.2) is 12.1 Å². The Balaban J connectivity index is 2.62. The van der Waals surface area contributed by atoms with E-state index in [9.17, 15) is 22.0 Å². The average Bonchev–Trinajstić information content (AvgIpc) is 2.65. The van der Waals surface area contributed by atoms with E-state index < -0.39 is 23.4 Å². The third-order valence-corrected chi connectivity index (χ3v) is 4.81. The number of hydrogen-bond donors (Lipinski definition) is 1. The van der Waals surface area contributed by atoms with Crippen molar-refractivity contribution in [1.82, 2.24) is 5.32 Å². The number of fused-ring (bicyclic) bond motifs is 1. The Morgan fingerprint density at radius 1 is 1.27 bits per heavy atom. The summed E-state index contributed by atoms with van der Waals surface area (Å²) in [6, 6.07) is 2.29. The Hall–Kier alpha value is -0.640. The summed E-state index contributed by atoms with van der Waals surface area (Å²) >= 11 is 2.11. The number of nitrogens with one attached hydrogen (secondary N) is 1. The van der Waals surface area contributed by atoms with Crippen molar-refractivity contribution in [2.75, 3.05) is 24.6 Å². The molecule has 0 radical (unpaired) electrons. The standard InChI is InChI=1S/C14H15F5INO/c1-22-12-4-8-2-3-21-7-9(6-20)10(8)5-11(12)13(15,16)14(17,18)19/h4-5,9,21H,2-3,6-7H2,1H3. The molecule has 1 heterocycles. The zero-order chi connectivity index (χ0) is 16.5. The van der Waals surface area contributed by atoms with E-state index in [4.69, 9.17) is 4.74 Å². The summed E-state index contributed by atoms with van der Waals surface area (Å²) in [6.45, 7) is 1.21. The van der Waals surface area contributed by atoms with E-state index in [-0.39, 0.29) is 5.92 Å². The van der Waals surface area contributed by atoms with Crippen LogP contribution in [0.25, 0.3) is 0 Å². The third kappa shape index (κ3) is 3.17. The first-order valence-corrected chi connectivity index (χ1v) is 8.17. The molecule has 0 aromatic heterocycles. The molecule has 124 valence electrons. The van der Waals surface area contributed by atoms with E-state index in [0.717, 1.165) is 18.7 Å². The molecule has 1 aliphatic heterocycles. The van der Waals surface area contributed by atoms with Gasteiger partial charge in [-0.05, 0) is 36.2 Å². The quantitative estimate of drug-likeness (QED) is 0.440. The molecule has 0 fully saturated rings. The lowest BCUT2D eigenvalue weighted by molar-refractivity contribution is -0.289. The average molecular weight is 435 g/mol. The van der Waals surface area contributed by atoms with Crippen LogP contribution in [0.4, 0.5) is 22.0 Å². The molecule has 1 unspecified atom stereocenters. The smallest absolute Gasteiger partial charge is 0.458 e. The predicted molar refractivity (Wildman–Crippen MR) is 81.1 cm³/mol. The molecule has 0 saturated carbocycles. The number of ether oxygens (including phenoxy) is 1. The minimum atomic E-state index is -5.66. The topological polar surface area (TPSA) is 21.3 Å². The van der Waals surface area contributed by atoms with Gasteiger partial charge >= 0.3 is 12.1 Å². The van der Waals surface area contributed by atoms with Gasteiger partial charge in [-0.15, -0.1) is 0 Å². The van der Waals surface area contributed by atoms with E-state index in [0.29, 0.717) is 29.5 Å². The zero-order valence-corrected chi connectivity index (χ0v) is 13.9. The van der Waals surface area contributed by atoms with Crippen LogP contribution in [0.5, 0.6) is 5.75 Å². The Kier molecular flexibility index (Phi) is 5.20. The molecule has 0 aliphatic carbocycles. The fourth-order valence-electron chi connectivity index (χ4n) is 2.55. The maximum absolute atomic E-state index is 13.8. The minimum absolute atomic E-state index is 0.105. The SMILES string of the molecule is COc1cc2c(cc1C(F)(F)C(F)(F)F)C(CI)CNCC2. The van der Waals surface area contributed by atoms with Crippen molar-refractivity contribution < 1.29 is 26.7 Å². The molecule has 0 saturated heterocycles. The van der Waals surface area contributed by atoms with Crippen LogP contribution in [0.3, 0.4) is 0 Å². The molecule has 0 spiro atoms. The van der Waals surface area contributed by atoms with Gasteiger partial charge in [0, 0.05) is 16.9 Å². The molecule has 1 atom stereocenters. The minimum Gasteiger partial charge on any atom is -0.496 e. The van der Waals surface area contributed by atoms with Crippen LogP contribution in [0, 0.1) is 0 Å². The molecule has 1 aromatic carbocycles. The van der Waals surface area contributed by atoms with Gasteiger partial charge in [0.15, 0.2) is 0 Å². The van der Waals surface area contributed by atoms with Crippen molar-refractivity contribution >= 4 is 22.6 Å². The second-order valence-corrected chi connectivity index (χ2v) is 6.01. The molecular weight excluding hydrogens is 420 g/mol. The highest BCUT2D eigenvalue weighted by Crippen LogP contribution is 2.48. The number of methoxy groups -OCH3 is 1. The fraction of sp³-hybridized carbons (Fsp3) is 0.571. The second-order valence-electron chi connectivity index (χ2n) is 5.13. The molecule has 1 N–H and O–H groups in total. The largest absolute Gasteiger partial charge is 0.496 e. The first-order valence-electron chi connectivity index (χ1n) is 6.65. The van der Waals surface area contributed by atoms with E-state index in [2.05, 4.69) is 27.9 Å². The summed E-state index contributed by atoms with van der Waals surface area (Å²) in [7, 11) is 1.10. The number of rotatable bonds is 3. The molecule has 22 heavy (non-hydrogen) atoms. The Labute approximate surface area is 138 Å². The van der Waals surface area contributed by atoms with Gasteiger partial charge in [0.05, 0.1) is 12.7 Å².